The molecule has 0 spiro atoms. The summed E-state index contributed by atoms with van der Waals surface area (Å²) in [7, 11) is -3.94. The van der Waals surface area contributed by atoms with Crippen molar-refractivity contribution in [1.82, 2.24) is 15.3 Å². The molecule has 9 nitrogen and oxygen atoms in total. The highest BCUT2D eigenvalue weighted by Gasteiger charge is 2.31. The van der Waals surface area contributed by atoms with E-state index in [1.807, 2.05) is 0 Å². The molecule has 11 heteroatoms. The number of hydrogen-bond donors (Lipinski definition) is 2. The van der Waals surface area contributed by atoms with Gasteiger partial charge in [0.15, 0.2) is 0 Å². The molecule has 0 atom stereocenters. The van der Waals surface area contributed by atoms with Crippen LogP contribution in [0, 0.1) is 11.3 Å². The van der Waals surface area contributed by atoms with Crippen molar-refractivity contribution in [3.05, 3.63) is 88.6 Å². The fourth-order valence-electron chi connectivity index (χ4n) is 3.59. The van der Waals surface area contributed by atoms with Gasteiger partial charge in [-0.15, -0.1) is 11.3 Å². The van der Waals surface area contributed by atoms with Gasteiger partial charge in [0, 0.05) is 22.8 Å². The summed E-state index contributed by atoms with van der Waals surface area (Å²) in [5.74, 6) is -1.01. The van der Waals surface area contributed by atoms with Crippen molar-refractivity contribution < 1.29 is 18.0 Å². The van der Waals surface area contributed by atoms with Crippen LogP contribution in [0.1, 0.15) is 31.2 Å². The maximum atomic E-state index is 13.1. The molecule has 0 unspecified atom stereocenters. The quantitative estimate of drug-likeness (QED) is 0.436. The molecule has 5 rings (SSSR count). The fraction of sp³-hybridized carbons (Fsp3) is 0.0417. The Balaban J connectivity index is 1.35. The molecule has 0 saturated carbocycles. The van der Waals surface area contributed by atoms with Crippen LogP contribution in [0.25, 0.3) is 10.7 Å². The summed E-state index contributed by atoms with van der Waals surface area (Å²) in [5, 5.41) is 15.0. The molecule has 1 aliphatic heterocycles. The van der Waals surface area contributed by atoms with E-state index in [-0.39, 0.29) is 33.2 Å². The molecule has 2 N–H and O–H groups in total. The molecule has 0 saturated heterocycles. The van der Waals surface area contributed by atoms with Crippen molar-refractivity contribution in [1.29, 1.82) is 5.26 Å². The maximum absolute atomic E-state index is 13.1. The third kappa shape index (κ3) is 4.16. The zero-order valence-electron chi connectivity index (χ0n) is 17.8. The molecule has 0 radical (unpaired) electrons. The number of anilines is 1. The Morgan fingerprint density at radius 1 is 1.09 bits per heavy atom. The van der Waals surface area contributed by atoms with E-state index in [2.05, 4.69) is 26.7 Å². The molecule has 4 aromatic rings. The van der Waals surface area contributed by atoms with Crippen molar-refractivity contribution in [3.63, 3.8) is 0 Å². The molecule has 0 aliphatic carbocycles. The van der Waals surface area contributed by atoms with Gasteiger partial charge in [0.25, 0.3) is 11.8 Å². The van der Waals surface area contributed by atoms with Gasteiger partial charge < -0.3 is 10.6 Å². The Morgan fingerprint density at radius 3 is 2.74 bits per heavy atom. The van der Waals surface area contributed by atoms with Crippen molar-refractivity contribution in [2.45, 2.75) is 16.3 Å². The van der Waals surface area contributed by atoms with Gasteiger partial charge in [0.2, 0.25) is 9.84 Å². The molecule has 2 amide bonds. The minimum atomic E-state index is -3.94. The van der Waals surface area contributed by atoms with E-state index in [4.69, 9.17) is 5.26 Å². The molecule has 35 heavy (non-hydrogen) atoms. The third-order valence-corrected chi connectivity index (χ3v) is 8.18. The zero-order chi connectivity index (χ0) is 24.6. The van der Waals surface area contributed by atoms with E-state index >= 15 is 0 Å². The Bertz CT molecular complexity index is 1650. The van der Waals surface area contributed by atoms with E-state index in [0.29, 0.717) is 16.3 Å². The topological polar surface area (TPSA) is 142 Å². The number of thiazole rings is 1. The summed E-state index contributed by atoms with van der Waals surface area (Å²) < 4.78 is 26.2. The van der Waals surface area contributed by atoms with Gasteiger partial charge in [-0.25, -0.2) is 13.4 Å². The third-order valence-electron chi connectivity index (χ3n) is 5.29. The van der Waals surface area contributed by atoms with E-state index in [0.717, 1.165) is 4.88 Å². The number of carbonyl (C=O) groups is 2. The number of fused-ring (bicyclic) bond motifs is 2. The number of benzene rings is 2. The standard InChI is InChI=1S/C24H15N5O4S2/c25-11-14-7-8-26-19(9-14)24-28-13-16(34-24)12-27-22(30)15-5-6-21-18(10-15)29-23(31)17-3-1-2-4-20(17)35(21,32)33/h1-10,13H,12H2,(H,27,30)(H,29,31). The van der Waals surface area contributed by atoms with Gasteiger partial charge in [-0.1, -0.05) is 12.1 Å². The molecule has 1 aliphatic rings. The van der Waals surface area contributed by atoms with Crippen molar-refractivity contribution in [2.24, 2.45) is 0 Å². The molecular weight excluding hydrogens is 486 g/mol. The number of carbonyl (C=O) groups excluding carboxylic acids is 2. The predicted molar refractivity (Wildman–Crippen MR) is 128 cm³/mol. The number of aromatic nitrogens is 2. The first-order chi connectivity index (χ1) is 16.9. The summed E-state index contributed by atoms with van der Waals surface area (Å²) in [6, 6.07) is 15.3. The predicted octanol–water partition coefficient (Wildman–Crippen LogP) is 3.41. The van der Waals surface area contributed by atoms with Crippen LogP contribution in [0.3, 0.4) is 0 Å². The summed E-state index contributed by atoms with van der Waals surface area (Å²) in [5.41, 5.74) is 1.32. The van der Waals surface area contributed by atoms with Crippen LogP contribution in [0.2, 0.25) is 0 Å². The van der Waals surface area contributed by atoms with Crippen LogP contribution in [0.4, 0.5) is 5.69 Å². The second-order valence-electron chi connectivity index (χ2n) is 7.52. The monoisotopic (exact) mass is 501 g/mol. The number of sulfone groups is 1. The maximum Gasteiger partial charge on any atom is 0.257 e. The number of nitriles is 1. The second-order valence-corrected chi connectivity index (χ2v) is 10.5. The lowest BCUT2D eigenvalue weighted by molar-refractivity contribution is 0.0949. The average Bonchev–Trinajstić information content (AvgIpc) is 3.33. The summed E-state index contributed by atoms with van der Waals surface area (Å²) in [4.78, 5) is 34.5. The lowest BCUT2D eigenvalue weighted by atomic mass is 10.1. The Hall–Kier alpha value is -4.40. The van der Waals surface area contributed by atoms with Crippen LogP contribution in [-0.4, -0.2) is 30.2 Å². The normalized spacial score (nSPS) is 13.5. The Labute approximate surface area is 204 Å². The van der Waals surface area contributed by atoms with E-state index < -0.39 is 21.7 Å². The van der Waals surface area contributed by atoms with Crippen molar-refractivity contribution in [2.75, 3.05) is 5.32 Å². The van der Waals surface area contributed by atoms with Gasteiger partial charge in [-0.2, -0.15) is 5.26 Å². The number of pyridine rings is 1. The van der Waals surface area contributed by atoms with Gasteiger partial charge >= 0.3 is 0 Å². The smallest absolute Gasteiger partial charge is 0.257 e. The molecule has 172 valence electrons. The highest BCUT2D eigenvalue weighted by molar-refractivity contribution is 7.91. The van der Waals surface area contributed by atoms with Gasteiger partial charge in [-0.3, -0.25) is 14.6 Å². The molecule has 0 bridgehead atoms. The zero-order valence-corrected chi connectivity index (χ0v) is 19.5. The van der Waals surface area contributed by atoms with Crippen LogP contribution in [0.5, 0.6) is 0 Å². The van der Waals surface area contributed by atoms with E-state index in [1.54, 1.807) is 30.5 Å². The summed E-state index contributed by atoms with van der Waals surface area (Å²) in [6.45, 7) is 0.182. The van der Waals surface area contributed by atoms with Gasteiger partial charge in [0.05, 0.1) is 39.2 Å². The average molecular weight is 502 g/mol. The van der Waals surface area contributed by atoms with E-state index in [9.17, 15) is 18.0 Å². The van der Waals surface area contributed by atoms with Crippen LogP contribution >= 0.6 is 11.3 Å². The minimum absolute atomic E-state index is 0.0439. The molecule has 2 aromatic heterocycles. The first kappa shape index (κ1) is 22.4. The first-order valence-corrected chi connectivity index (χ1v) is 12.6. The SMILES string of the molecule is N#Cc1ccnc(-c2ncc(CNC(=O)c3ccc4c(c3)NC(=O)c3ccccc3S4(=O)=O)s2)c1. The molecule has 0 fully saturated rings. The Kier molecular flexibility index (Phi) is 5.60. The number of amides is 2. The lowest BCUT2D eigenvalue weighted by Gasteiger charge is -2.10. The van der Waals surface area contributed by atoms with Crippen molar-refractivity contribution >= 4 is 38.7 Å². The van der Waals surface area contributed by atoms with Crippen LogP contribution < -0.4 is 10.6 Å². The number of nitrogens with zero attached hydrogens (tertiary/aromatic N) is 3. The van der Waals surface area contributed by atoms with Crippen LogP contribution in [-0.2, 0) is 16.4 Å². The highest BCUT2D eigenvalue weighted by Crippen LogP contribution is 2.34. The number of nitrogens with one attached hydrogen (secondary N) is 2. The first-order valence-electron chi connectivity index (χ1n) is 10.3. The second kappa shape index (κ2) is 8.75. The van der Waals surface area contributed by atoms with Crippen LogP contribution in [0.15, 0.2) is 76.8 Å². The van der Waals surface area contributed by atoms with Crippen molar-refractivity contribution in [3.8, 4) is 16.8 Å². The summed E-state index contributed by atoms with van der Waals surface area (Å²) >= 11 is 1.33. The van der Waals surface area contributed by atoms with E-state index in [1.165, 1.54) is 47.9 Å². The fourth-order valence-corrected chi connectivity index (χ4v) is 6.01. The summed E-state index contributed by atoms with van der Waals surface area (Å²) in [6.07, 6.45) is 3.15. The Morgan fingerprint density at radius 2 is 1.91 bits per heavy atom. The molecule has 2 aromatic carbocycles. The number of hydrogen-bond acceptors (Lipinski definition) is 8. The largest absolute Gasteiger partial charge is 0.347 e. The molecule has 3 heterocycles. The molecular formula is C24H15N5O4S2. The lowest BCUT2D eigenvalue weighted by Crippen LogP contribution is -2.22. The minimum Gasteiger partial charge on any atom is -0.347 e. The number of rotatable bonds is 4. The van der Waals surface area contributed by atoms with Gasteiger partial charge in [0.1, 0.15) is 10.7 Å². The van der Waals surface area contributed by atoms with Gasteiger partial charge in [-0.05, 0) is 42.5 Å². The highest BCUT2D eigenvalue weighted by atomic mass is 32.2.